The van der Waals surface area contributed by atoms with Crippen molar-refractivity contribution < 1.29 is 14.3 Å². The molecule has 4 heteroatoms. The minimum Gasteiger partial charge on any atom is -0.469 e. The molecule has 0 fully saturated rings. The van der Waals surface area contributed by atoms with Gasteiger partial charge in [-0.05, 0) is 26.1 Å². The lowest BCUT2D eigenvalue weighted by Gasteiger charge is -2.26. The van der Waals surface area contributed by atoms with Gasteiger partial charge in [-0.25, -0.2) is 0 Å². The quantitative estimate of drug-likeness (QED) is 0.636. The number of rotatable bonds is 8. The van der Waals surface area contributed by atoms with Gasteiger partial charge in [-0.15, -0.1) is 0 Å². The van der Waals surface area contributed by atoms with E-state index in [1.54, 1.807) is 0 Å². The fraction of sp³-hybridized carbons (Fsp3) is 0.867. The molecule has 0 amide bonds. The van der Waals surface area contributed by atoms with Crippen molar-refractivity contribution in [2.75, 3.05) is 26.7 Å². The van der Waals surface area contributed by atoms with Crippen LogP contribution in [0.25, 0.3) is 0 Å². The minimum absolute atomic E-state index is 0.144. The lowest BCUT2D eigenvalue weighted by atomic mass is 9.80. The first-order valence-electron chi connectivity index (χ1n) is 7.09. The van der Waals surface area contributed by atoms with Crippen LogP contribution in [0, 0.1) is 11.3 Å². The van der Waals surface area contributed by atoms with Gasteiger partial charge in [0.05, 0.1) is 13.5 Å². The average Bonchev–Trinajstić information content (AvgIpc) is 2.36. The summed E-state index contributed by atoms with van der Waals surface area (Å²) in [7, 11) is 1.37. The molecular formula is C15H29NO3. The van der Waals surface area contributed by atoms with Gasteiger partial charge in [0.2, 0.25) is 0 Å². The summed E-state index contributed by atoms with van der Waals surface area (Å²) in [4.78, 5) is 26.1. The van der Waals surface area contributed by atoms with E-state index >= 15 is 0 Å². The normalized spacial score (nSPS) is 13.4. The first-order valence-corrected chi connectivity index (χ1v) is 7.09. The van der Waals surface area contributed by atoms with Gasteiger partial charge in [-0.1, -0.05) is 34.6 Å². The second-order valence-electron chi connectivity index (χ2n) is 5.91. The molecule has 0 aromatic rings. The van der Waals surface area contributed by atoms with Crippen LogP contribution in [-0.2, 0) is 14.3 Å². The van der Waals surface area contributed by atoms with Crippen molar-refractivity contribution in [1.29, 1.82) is 0 Å². The molecule has 19 heavy (non-hydrogen) atoms. The Balaban J connectivity index is 4.68. The largest absolute Gasteiger partial charge is 0.469 e. The summed E-state index contributed by atoms with van der Waals surface area (Å²) in [6.07, 6.45) is 0.904. The molecule has 0 saturated carbocycles. The predicted octanol–water partition coefficient (Wildman–Crippen LogP) is 2.51. The first-order chi connectivity index (χ1) is 8.76. The molecule has 112 valence electrons. The Morgan fingerprint density at radius 3 is 2.05 bits per heavy atom. The van der Waals surface area contributed by atoms with Crippen molar-refractivity contribution in [2.24, 2.45) is 11.3 Å². The Kier molecular flexibility index (Phi) is 7.91. The van der Waals surface area contributed by atoms with Crippen LogP contribution in [0.3, 0.4) is 0 Å². The van der Waals surface area contributed by atoms with Crippen molar-refractivity contribution in [2.45, 2.75) is 47.5 Å². The van der Waals surface area contributed by atoms with Crippen LogP contribution in [0.15, 0.2) is 0 Å². The maximum atomic E-state index is 12.4. The molecule has 0 N–H and O–H groups in total. The lowest BCUT2D eigenvalue weighted by molar-refractivity contribution is -0.145. The lowest BCUT2D eigenvalue weighted by Crippen LogP contribution is -2.34. The van der Waals surface area contributed by atoms with Gasteiger partial charge in [-0.2, -0.15) is 0 Å². The van der Waals surface area contributed by atoms with E-state index in [4.69, 9.17) is 4.74 Å². The van der Waals surface area contributed by atoms with Crippen LogP contribution in [0.1, 0.15) is 47.5 Å². The standard InChI is InChI=1S/C15H29NO3/c1-7-16(8-2)10-9-12(11-13(17)19-6)14(18)15(3,4)5/h12H,7-11H2,1-6H3/t12-/m1/s1. The number of carbonyl (C=O) groups excluding carboxylic acids is 2. The van der Waals surface area contributed by atoms with Gasteiger partial charge >= 0.3 is 5.97 Å². The molecule has 4 nitrogen and oxygen atoms in total. The van der Waals surface area contributed by atoms with Crippen molar-refractivity contribution in [3.63, 3.8) is 0 Å². The number of ketones is 1. The zero-order valence-electron chi connectivity index (χ0n) is 13.3. The molecule has 0 heterocycles. The summed E-state index contributed by atoms with van der Waals surface area (Å²) < 4.78 is 4.70. The van der Waals surface area contributed by atoms with Crippen LogP contribution < -0.4 is 0 Å². The Hall–Kier alpha value is -0.900. The van der Waals surface area contributed by atoms with E-state index < -0.39 is 5.41 Å². The number of nitrogens with zero attached hydrogens (tertiary/aromatic N) is 1. The minimum atomic E-state index is -0.415. The highest BCUT2D eigenvalue weighted by atomic mass is 16.5. The Morgan fingerprint density at radius 1 is 1.16 bits per heavy atom. The summed E-state index contributed by atoms with van der Waals surface area (Å²) >= 11 is 0. The second kappa shape index (κ2) is 8.31. The zero-order chi connectivity index (χ0) is 15.1. The molecule has 0 unspecified atom stereocenters. The number of Topliss-reactive ketones (excluding diaryl/α,β-unsaturated/α-hetero) is 1. The fourth-order valence-electron chi connectivity index (χ4n) is 2.10. The van der Waals surface area contributed by atoms with E-state index in [1.807, 2.05) is 20.8 Å². The molecule has 0 saturated heterocycles. The molecular weight excluding hydrogens is 242 g/mol. The third kappa shape index (κ3) is 6.71. The molecule has 0 aliphatic rings. The third-order valence-corrected chi connectivity index (χ3v) is 3.44. The van der Waals surface area contributed by atoms with Gasteiger partial charge < -0.3 is 9.64 Å². The van der Waals surface area contributed by atoms with Crippen LogP contribution in [0.4, 0.5) is 0 Å². The van der Waals surface area contributed by atoms with Crippen LogP contribution in [0.5, 0.6) is 0 Å². The second-order valence-corrected chi connectivity index (χ2v) is 5.91. The Labute approximate surface area is 117 Å². The third-order valence-electron chi connectivity index (χ3n) is 3.44. The predicted molar refractivity (Wildman–Crippen MR) is 77.0 cm³/mol. The van der Waals surface area contributed by atoms with E-state index in [2.05, 4.69) is 18.7 Å². The van der Waals surface area contributed by atoms with E-state index in [0.29, 0.717) is 6.42 Å². The summed E-state index contributed by atoms with van der Waals surface area (Å²) in [6.45, 7) is 12.7. The number of carbonyl (C=O) groups is 2. The molecule has 0 aliphatic carbocycles. The fourth-order valence-corrected chi connectivity index (χ4v) is 2.10. The summed E-state index contributed by atoms with van der Waals surface area (Å²) in [5.41, 5.74) is -0.415. The maximum absolute atomic E-state index is 12.4. The van der Waals surface area contributed by atoms with Crippen molar-refractivity contribution in [1.82, 2.24) is 4.90 Å². The molecule has 0 aromatic heterocycles. The number of hydrogen-bond donors (Lipinski definition) is 0. The summed E-state index contributed by atoms with van der Waals surface area (Å²) in [5.74, 6) is -0.403. The topological polar surface area (TPSA) is 46.6 Å². The van der Waals surface area contributed by atoms with E-state index in [0.717, 1.165) is 19.6 Å². The van der Waals surface area contributed by atoms with Crippen LogP contribution >= 0.6 is 0 Å². The highest BCUT2D eigenvalue weighted by molar-refractivity contribution is 5.89. The summed E-state index contributed by atoms with van der Waals surface area (Å²) in [5, 5.41) is 0. The van der Waals surface area contributed by atoms with Crippen molar-refractivity contribution >= 4 is 11.8 Å². The SMILES string of the molecule is CCN(CC)CC[C@H](CC(=O)OC)C(=O)C(C)(C)C. The highest BCUT2D eigenvalue weighted by Crippen LogP contribution is 2.25. The molecule has 0 spiro atoms. The molecule has 0 aliphatic heterocycles. The first kappa shape index (κ1) is 18.1. The van der Waals surface area contributed by atoms with Crippen LogP contribution in [-0.4, -0.2) is 43.4 Å². The van der Waals surface area contributed by atoms with Crippen molar-refractivity contribution in [3.05, 3.63) is 0 Å². The van der Waals surface area contributed by atoms with Gasteiger partial charge in [0.1, 0.15) is 5.78 Å². The Morgan fingerprint density at radius 2 is 1.68 bits per heavy atom. The van der Waals surface area contributed by atoms with Crippen molar-refractivity contribution in [3.8, 4) is 0 Å². The summed E-state index contributed by atoms with van der Waals surface area (Å²) in [6, 6.07) is 0. The molecule has 0 bridgehead atoms. The Bertz CT molecular complexity index is 290. The maximum Gasteiger partial charge on any atom is 0.306 e. The van der Waals surface area contributed by atoms with E-state index in [1.165, 1.54) is 7.11 Å². The number of hydrogen-bond acceptors (Lipinski definition) is 4. The van der Waals surface area contributed by atoms with E-state index in [-0.39, 0.29) is 24.1 Å². The number of esters is 1. The van der Waals surface area contributed by atoms with Gasteiger partial charge in [0, 0.05) is 11.3 Å². The van der Waals surface area contributed by atoms with Gasteiger partial charge in [0.15, 0.2) is 0 Å². The highest BCUT2D eigenvalue weighted by Gasteiger charge is 2.31. The molecule has 1 atom stereocenters. The smallest absolute Gasteiger partial charge is 0.306 e. The molecule has 0 aromatic carbocycles. The molecule has 0 rings (SSSR count). The van der Waals surface area contributed by atoms with Gasteiger partial charge in [0.25, 0.3) is 0 Å². The number of ether oxygens (including phenoxy) is 1. The number of methoxy groups -OCH3 is 1. The van der Waals surface area contributed by atoms with E-state index in [9.17, 15) is 9.59 Å². The average molecular weight is 271 g/mol. The molecule has 0 radical (unpaired) electrons. The monoisotopic (exact) mass is 271 g/mol. The zero-order valence-corrected chi connectivity index (χ0v) is 13.3. The van der Waals surface area contributed by atoms with Crippen LogP contribution in [0.2, 0.25) is 0 Å². The van der Waals surface area contributed by atoms with Gasteiger partial charge in [-0.3, -0.25) is 9.59 Å².